The zero-order valence-electron chi connectivity index (χ0n) is 17.0. The van der Waals surface area contributed by atoms with Crippen molar-refractivity contribution in [3.63, 3.8) is 0 Å². The van der Waals surface area contributed by atoms with Gasteiger partial charge < -0.3 is 15.5 Å². The molecule has 2 N–H and O–H groups in total. The molecule has 0 saturated carbocycles. The van der Waals surface area contributed by atoms with Crippen LogP contribution < -0.4 is 10.6 Å². The summed E-state index contributed by atoms with van der Waals surface area (Å²) in [5.74, 6) is -0.249. The highest BCUT2D eigenvalue weighted by Crippen LogP contribution is 2.18. The summed E-state index contributed by atoms with van der Waals surface area (Å²) in [6, 6.07) is 17.4. The van der Waals surface area contributed by atoms with Crippen LogP contribution in [0.1, 0.15) is 10.4 Å². The second-order valence-electron chi connectivity index (χ2n) is 7.09. The summed E-state index contributed by atoms with van der Waals surface area (Å²) in [6.45, 7) is 0. The quantitative estimate of drug-likeness (QED) is 0.601. The maximum Gasteiger partial charge on any atom is 0.242 e. The second kappa shape index (κ2) is 9.67. The molecule has 3 rings (SSSR count). The minimum absolute atomic E-state index is 0.0918. The predicted octanol–water partition coefficient (Wildman–Crippen LogP) is 2.85. The number of carbonyl (C=O) groups is 2. The van der Waals surface area contributed by atoms with Crippen LogP contribution in [-0.2, 0) is 22.4 Å². The summed E-state index contributed by atoms with van der Waals surface area (Å²) in [5.41, 5.74) is 1.08. The van der Waals surface area contributed by atoms with Gasteiger partial charge in [-0.25, -0.2) is 0 Å². The van der Waals surface area contributed by atoms with Crippen LogP contribution in [0.3, 0.4) is 0 Å². The van der Waals surface area contributed by atoms with E-state index in [1.165, 1.54) is 5.39 Å². The molecule has 0 radical (unpaired) electrons. The SMILES string of the molecule is CNC(=O)C(Cc1cccs1)N(C)C(=O)C(Cc1ccc2ccccc2c1)NC. The Labute approximate surface area is 175 Å². The Balaban J connectivity index is 1.77. The maximum atomic E-state index is 13.2. The van der Waals surface area contributed by atoms with Crippen LogP contribution in [0.15, 0.2) is 60.0 Å². The van der Waals surface area contributed by atoms with Gasteiger partial charge in [0.15, 0.2) is 0 Å². The lowest BCUT2D eigenvalue weighted by atomic mass is 10.00. The molecular weight excluding hydrogens is 382 g/mol. The number of likely N-dealkylation sites (N-methyl/N-ethyl adjacent to an activating group) is 3. The molecule has 152 valence electrons. The van der Waals surface area contributed by atoms with Crippen LogP contribution in [-0.4, -0.2) is 49.9 Å². The van der Waals surface area contributed by atoms with Crippen LogP contribution in [0.2, 0.25) is 0 Å². The summed E-state index contributed by atoms with van der Waals surface area (Å²) in [7, 11) is 5.10. The number of benzene rings is 2. The topological polar surface area (TPSA) is 61.4 Å². The fourth-order valence-electron chi connectivity index (χ4n) is 3.51. The minimum atomic E-state index is -0.543. The van der Waals surface area contributed by atoms with Gasteiger partial charge in [-0.05, 0) is 41.3 Å². The van der Waals surface area contributed by atoms with Crippen molar-refractivity contribution >= 4 is 33.9 Å². The molecule has 0 spiro atoms. The van der Waals surface area contributed by atoms with E-state index in [4.69, 9.17) is 0 Å². The Kier molecular flexibility index (Phi) is 7.01. The number of amides is 2. The number of nitrogens with zero attached hydrogens (tertiary/aromatic N) is 1. The second-order valence-corrected chi connectivity index (χ2v) is 8.12. The van der Waals surface area contributed by atoms with Gasteiger partial charge in [-0.2, -0.15) is 0 Å². The smallest absolute Gasteiger partial charge is 0.242 e. The number of hydrogen-bond donors (Lipinski definition) is 2. The molecule has 6 heteroatoms. The van der Waals surface area contributed by atoms with Crippen LogP contribution in [0, 0.1) is 0 Å². The zero-order chi connectivity index (χ0) is 20.8. The summed E-state index contributed by atoms with van der Waals surface area (Å²) in [5, 5.41) is 10.1. The Morgan fingerprint density at radius 2 is 1.76 bits per heavy atom. The van der Waals surface area contributed by atoms with Gasteiger partial charge in [0.2, 0.25) is 11.8 Å². The molecule has 0 aliphatic heterocycles. The molecule has 2 amide bonds. The molecule has 0 saturated heterocycles. The van der Waals surface area contributed by atoms with Gasteiger partial charge in [0.25, 0.3) is 0 Å². The number of rotatable bonds is 8. The largest absolute Gasteiger partial charge is 0.357 e. The fourth-order valence-corrected chi connectivity index (χ4v) is 4.25. The number of fused-ring (bicyclic) bond motifs is 1. The molecular formula is C23H27N3O2S. The van der Waals surface area contributed by atoms with Crippen molar-refractivity contribution in [3.05, 3.63) is 70.4 Å². The van der Waals surface area contributed by atoms with Gasteiger partial charge in [-0.3, -0.25) is 9.59 Å². The van der Waals surface area contributed by atoms with Crippen molar-refractivity contribution in [2.75, 3.05) is 21.1 Å². The molecule has 1 aromatic heterocycles. The Bertz CT molecular complexity index is 971. The van der Waals surface area contributed by atoms with Crippen molar-refractivity contribution in [2.24, 2.45) is 0 Å². The van der Waals surface area contributed by atoms with E-state index in [1.807, 2.05) is 29.6 Å². The highest BCUT2D eigenvalue weighted by atomic mass is 32.1. The lowest BCUT2D eigenvalue weighted by Gasteiger charge is -2.30. The summed E-state index contributed by atoms with van der Waals surface area (Å²) in [6.07, 6.45) is 1.07. The van der Waals surface area contributed by atoms with Gasteiger partial charge >= 0.3 is 0 Å². The van der Waals surface area contributed by atoms with Crippen molar-refractivity contribution in [3.8, 4) is 0 Å². The molecule has 0 bridgehead atoms. The van der Waals surface area contributed by atoms with E-state index in [0.29, 0.717) is 12.8 Å². The summed E-state index contributed by atoms with van der Waals surface area (Å²) in [4.78, 5) is 28.3. The molecule has 3 aromatic rings. The van der Waals surface area contributed by atoms with E-state index in [-0.39, 0.29) is 11.8 Å². The molecule has 2 unspecified atom stereocenters. The minimum Gasteiger partial charge on any atom is -0.357 e. The molecule has 0 aliphatic rings. The Morgan fingerprint density at radius 3 is 2.41 bits per heavy atom. The van der Waals surface area contributed by atoms with Crippen LogP contribution in [0.25, 0.3) is 10.8 Å². The van der Waals surface area contributed by atoms with Crippen LogP contribution in [0.4, 0.5) is 0 Å². The van der Waals surface area contributed by atoms with E-state index in [0.717, 1.165) is 15.8 Å². The molecule has 1 heterocycles. The van der Waals surface area contributed by atoms with E-state index >= 15 is 0 Å². The number of carbonyl (C=O) groups excluding carboxylic acids is 2. The number of hydrogen-bond acceptors (Lipinski definition) is 4. The Hall–Kier alpha value is -2.70. The first-order valence-corrected chi connectivity index (χ1v) is 10.6. The average molecular weight is 410 g/mol. The molecule has 0 aliphatic carbocycles. The van der Waals surface area contributed by atoms with Crippen molar-refractivity contribution in [2.45, 2.75) is 24.9 Å². The molecule has 29 heavy (non-hydrogen) atoms. The van der Waals surface area contributed by atoms with Crippen LogP contribution >= 0.6 is 11.3 Å². The van der Waals surface area contributed by atoms with Crippen molar-refractivity contribution in [1.82, 2.24) is 15.5 Å². The van der Waals surface area contributed by atoms with E-state index in [1.54, 1.807) is 37.4 Å². The summed E-state index contributed by atoms with van der Waals surface area (Å²) < 4.78 is 0. The van der Waals surface area contributed by atoms with E-state index < -0.39 is 12.1 Å². The van der Waals surface area contributed by atoms with Gasteiger partial charge in [-0.15, -0.1) is 11.3 Å². The van der Waals surface area contributed by atoms with Gasteiger partial charge in [0.1, 0.15) is 6.04 Å². The molecule has 2 atom stereocenters. The fraction of sp³-hybridized carbons (Fsp3) is 0.304. The number of thiophene rings is 1. The van der Waals surface area contributed by atoms with E-state index in [2.05, 4.69) is 41.0 Å². The lowest BCUT2D eigenvalue weighted by Crippen LogP contribution is -2.53. The standard InChI is InChI=1S/C23H27N3O2S/c1-24-20(14-16-10-11-17-7-4-5-8-18(17)13-16)23(28)26(3)21(22(27)25-2)15-19-9-6-12-29-19/h4-13,20-21,24H,14-15H2,1-3H3,(H,25,27). The Morgan fingerprint density at radius 1 is 1.00 bits per heavy atom. The van der Waals surface area contributed by atoms with Crippen molar-refractivity contribution < 1.29 is 9.59 Å². The number of nitrogens with one attached hydrogen (secondary N) is 2. The third-order valence-electron chi connectivity index (χ3n) is 5.24. The normalized spacial score (nSPS) is 13.1. The first kappa shape index (κ1) is 21.0. The first-order valence-electron chi connectivity index (χ1n) is 9.69. The summed E-state index contributed by atoms with van der Waals surface area (Å²) >= 11 is 1.59. The van der Waals surface area contributed by atoms with E-state index in [9.17, 15) is 9.59 Å². The third-order valence-corrected chi connectivity index (χ3v) is 6.14. The highest BCUT2D eigenvalue weighted by Gasteiger charge is 2.30. The highest BCUT2D eigenvalue weighted by molar-refractivity contribution is 7.09. The molecule has 0 fully saturated rings. The van der Waals surface area contributed by atoms with Gasteiger partial charge in [0.05, 0.1) is 6.04 Å². The van der Waals surface area contributed by atoms with Crippen LogP contribution in [0.5, 0.6) is 0 Å². The average Bonchev–Trinajstić information content (AvgIpc) is 3.27. The van der Waals surface area contributed by atoms with Gasteiger partial charge in [-0.1, -0.05) is 48.5 Å². The maximum absolute atomic E-state index is 13.2. The predicted molar refractivity (Wildman–Crippen MR) is 119 cm³/mol. The third kappa shape index (κ3) is 5.02. The molecule has 2 aromatic carbocycles. The zero-order valence-corrected chi connectivity index (χ0v) is 17.8. The molecule has 5 nitrogen and oxygen atoms in total. The van der Waals surface area contributed by atoms with Gasteiger partial charge in [0, 0.05) is 25.4 Å². The monoisotopic (exact) mass is 409 g/mol. The van der Waals surface area contributed by atoms with Crippen molar-refractivity contribution in [1.29, 1.82) is 0 Å². The first-order chi connectivity index (χ1) is 14.0. The lowest BCUT2D eigenvalue weighted by molar-refractivity contribution is -0.140.